The van der Waals surface area contributed by atoms with Gasteiger partial charge in [0.1, 0.15) is 12.0 Å². The third-order valence-corrected chi connectivity index (χ3v) is 2.58. The molecular weight excluding hydrogens is 276 g/mol. The van der Waals surface area contributed by atoms with E-state index >= 15 is 0 Å². The van der Waals surface area contributed by atoms with Crippen LogP contribution in [0.1, 0.15) is 15.9 Å². The Bertz CT molecular complexity index is 677. The maximum atomic E-state index is 12.0. The van der Waals surface area contributed by atoms with Crippen LogP contribution in [0.25, 0.3) is 6.08 Å². The number of hydrogen-bond donors (Lipinski definition) is 2. The van der Waals surface area contributed by atoms with Crippen LogP contribution in [0.2, 0.25) is 0 Å². The quantitative estimate of drug-likeness (QED) is 0.816. The SMILES string of the molecule is COc1ccc(C(=O)Nc2ccon2)cc1C=CC(=O)O. The number of nitrogens with zero attached hydrogens (tertiary/aromatic N) is 1. The van der Waals surface area contributed by atoms with Gasteiger partial charge in [0.2, 0.25) is 0 Å². The number of anilines is 1. The highest BCUT2D eigenvalue weighted by Crippen LogP contribution is 2.22. The fraction of sp³-hybridized carbons (Fsp3) is 0.0714. The second-order valence-corrected chi connectivity index (χ2v) is 3.97. The van der Waals surface area contributed by atoms with Crippen molar-refractivity contribution in [2.24, 2.45) is 0 Å². The summed E-state index contributed by atoms with van der Waals surface area (Å²) in [5, 5.41) is 14.8. The highest BCUT2D eigenvalue weighted by Gasteiger charge is 2.10. The van der Waals surface area contributed by atoms with Crippen LogP contribution < -0.4 is 10.1 Å². The van der Waals surface area contributed by atoms with Crippen LogP contribution in [-0.4, -0.2) is 29.2 Å². The number of carboxylic acids is 1. The van der Waals surface area contributed by atoms with Crippen LogP contribution in [0.5, 0.6) is 5.75 Å². The van der Waals surface area contributed by atoms with Gasteiger partial charge in [-0.2, -0.15) is 0 Å². The molecule has 2 N–H and O–H groups in total. The first-order chi connectivity index (χ1) is 10.1. The van der Waals surface area contributed by atoms with Crippen molar-refractivity contribution in [3.63, 3.8) is 0 Å². The normalized spacial score (nSPS) is 10.5. The minimum Gasteiger partial charge on any atom is -0.496 e. The van der Waals surface area contributed by atoms with Crippen molar-refractivity contribution in [1.82, 2.24) is 5.16 Å². The van der Waals surface area contributed by atoms with Crippen LogP contribution >= 0.6 is 0 Å². The van der Waals surface area contributed by atoms with Gasteiger partial charge >= 0.3 is 5.97 Å². The van der Waals surface area contributed by atoms with Gasteiger partial charge in [-0.3, -0.25) is 4.79 Å². The molecule has 108 valence electrons. The van der Waals surface area contributed by atoms with E-state index in [1.165, 1.54) is 31.6 Å². The molecule has 0 fully saturated rings. The van der Waals surface area contributed by atoms with Crippen molar-refractivity contribution in [3.8, 4) is 5.75 Å². The number of carboxylic acid groups (broad SMARTS) is 1. The summed E-state index contributed by atoms with van der Waals surface area (Å²) < 4.78 is 9.73. The summed E-state index contributed by atoms with van der Waals surface area (Å²) in [6, 6.07) is 6.17. The number of carbonyl (C=O) groups is 2. The lowest BCUT2D eigenvalue weighted by atomic mass is 10.1. The van der Waals surface area contributed by atoms with E-state index in [-0.39, 0.29) is 0 Å². The Morgan fingerprint density at radius 1 is 1.38 bits per heavy atom. The van der Waals surface area contributed by atoms with Crippen LogP contribution in [0, 0.1) is 0 Å². The molecule has 7 nitrogen and oxygen atoms in total. The second kappa shape index (κ2) is 6.38. The molecular formula is C14H12N2O5. The Balaban J connectivity index is 2.26. The van der Waals surface area contributed by atoms with Gasteiger partial charge in [-0.25, -0.2) is 4.79 Å². The van der Waals surface area contributed by atoms with Gasteiger partial charge in [-0.05, 0) is 24.3 Å². The minimum atomic E-state index is -1.09. The Kier molecular flexibility index (Phi) is 4.35. The fourth-order valence-electron chi connectivity index (χ4n) is 1.63. The lowest BCUT2D eigenvalue weighted by molar-refractivity contribution is -0.131. The molecule has 0 unspecified atom stereocenters. The molecule has 0 aliphatic heterocycles. The monoisotopic (exact) mass is 288 g/mol. The third kappa shape index (κ3) is 3.69. The van der Waals surface area contributed by atoms with E-state index in [4.69, 9.17) is 9.84 Å². The summed E-state index contributed by atoms with van der Waals surface area (Å²) in [6.45, 7) is 0. The number of amides is 1. The van der Waals surface area contributed by atoms with Crippen molar-refractivity contribution in [2.45, 2.75) is 0 Å². The van der Waals surface area contributed by atoms with E-state index < -0.39 is 11.9 Å². The average molecular weight is 288 g/mol. The topological polar surface area (TPSA) is 102 Å². The number of nitrogens with one attached hydrogen (secondary N) is 1. The van der Waals surface area contributed by atoms with E-state index in [0.29, 0.717) is 22.7 Å². The van der Waals surface area contributed by atoms with Gasteiger partial charge in [0.05, 0.1) is 7.11 Å². The van der Waals surface area contributed by atoms with Crippen molar-refractivity contribution in [2.75, 3.05) is 12.4 Å². The van der Waals surface area contributed by atoms with E-state index in [0.717, 1.165) is 6.08 Å². The molecule has 0 saturated heterocycles. The first-order valence-corrected chi connectivity index (χ1v) is 5.91. The summed E-state index contributed by atoms with van der Waals surface area (Å²) in [5.74, 6) is -0.727. The molecule has 1 heterocycles. The lowest BCUT2D eigenvalue weighted by Gasteiger charge is -2.07. The molecule has 1 aromatic heterocycles. The smallest absolute Gasteiger partial charge is 0.328 e. The predicted octanol–water partition coefficient (Wildman–Crippen LogP) is 2.03. The van der Waals surface area contributed by atoms with Gasteiger partial charge in [0, 0.05) is 23.3 Å². The number of methoxy groups -OCH3 is 1. The van der Waals surface area contributed by atoms with E-state index in [1.54, 1.807) is 12.1 Å². The zero-order valence-corrected chi connectivity index (χ0v) is 11.1. The number of rotatable bonds is 5. The number of hydrogen-bond acceptors (Lipinski definition) is 5. The number of benzene rings is 1. The summed E-state index contributed by atoms with van der Waals surface area (Å²) in [5.41, 5.74) is 0.816. The molecule has 0 atom stereocenters. The van der Waals surface area contributed by atoms with Crippen LogP contribution in [0.4, 0.5) is 5.82 Å². The first-order valence-electron chi connectivity index (χ1n) is 5.91. The largest absolute Gasteiger partial charge is 0.496 e. The summed E-state index contributed by atoms with van der Waals surface area (Å²) >= 11 is 0. The van der Waals surface area contributed by atoms with Crippen LogP contribution in [0.3, 0.4) is 0 Å². The van der Waals surface area contributed by atoms with E-state index in [1.807, 2.05) is 0 Å². The maximum absolute atomic E-state index is 12.0. The summed E-state index contributed by atoms with van der Waals surface area (Å²) in [4.78, 5) is 22.6. The maximum Gasteiger partial charge on any atom is 0.328 e. The molecule has 0 aliphatic carbocycles. The van der Waals surface area contributed by atoms with Crippen LogP contribution in [-0.2, 0) is 4.79 Å². The van der Waals surface area contributed by atoms with E-state index in [9.17, 15) is 9.59 Å². The Morgan fingerprint density at radius 3 is 2.81 bits per heavy atom. The molecule has 2 rings (SSSR count). The van der Waals surface area contributed by atoms with E-state index in [2.05, 4.69) is 15.0 Å². The van der Waals surface area contributed by atoms with Crippen molar-refractivity contribution in [1.29, 1.82) is 0 Å². The van der Waals surface area contributed by atoms with Crippen molar-refractivity contribution in [3.05, 3.63) is 47.7 Å². The molecule has 21 heavy (non-hydrogen) atoms. The zero-order valence-electron chi connectivity index (χ0n) is 11.1. The Hall–Kier alpha value is -3.09. The molecule has 0 bridgehead atoms. The molecule has 0 radical (unpaired) electrons. The number of carbonyl (C=O) groups excluding carboxylic acids is 1. The number of aliphatic carboxylic acids is 1. The van der Waals surface area contributed by atoms with Crippen molar-refractivity contribution >= 4 is 23.8 Å². The second-order valence-electron chi connectivity index (χ2n) is 3.97. The van der Waals surface area contributed by atoms with Gasteiger partial charge in [0.15, 0.2) is 5.82 Å². The zero-order chi connectivity index (χ0) is 15.2. The highest BCUT2D eigenvalue weighted by atomic mass is 16.5. The molecule has 1 amide bonds. The Morgan fingerprint density at radius 2 is 2.19 bits per heavy atom. The molecule has 0 spiro atoms. The van der Waals surface area contributed by atoms with Gasteiger partial charge in [0.25, 0.3) is 5.91 Å². The van der Waals surface area contributed by atoms with Crippen LogP contribution in [0.15, 0.2) is 41.1 Å². The average Bonchev–Trinajstić information content (AvgIpc) is 2.97. The Labute approximate surface area is 119 Å². The number of aromatic nitrogens is 1. The molecule has 7 heteroatoms. The molecule has 0 aliphatic rings. The molecule has 1 aromatic carbocycles. The predicted molar refractivity (Wildman–Crippen MR) is 74.1 cm³/mol. The fourth-order valence-corrected chi connectivity index (χ4v) is 1.63. The molecule has 0 saturated carbocycles. The van der Waals surface area contributed by atoms with Gasteiger partial charge < -0.3 is 19.7 Å². The minimum absolute atomic E-state index is 0.290. The third-order valence-electron chi connectivity index (χ3n) is 2.58. The number of ether oxygens (including phenoxy) is 1. The molecule has 2 aromatic rings. The standard InChI is InChI=1S/C14H12N2O5/c1-20-11-4-2-10(8-9(11)3-5-13(17)18)14(19)15-12-6-7-21-16-12/h2-8H,1H3,(H,17,18)(H,15,16,19). The van der Waals surface area contributed by atoms with Crippen molar-refractivity contribution < 1.29 is 24.0 Å². The van der Waals surface area contributed by atoms with Gasteiger partial charge in [-0.15, -0.1) is 0 Å². The summed E-state index contributed by atoms with van der Waals surface area (Å²) in [6.07, 6.45) is 3.66. The van der Waals surface area contributed by atoms with Gasteiger partial charge in [-0.1, -0.05) is 5.16 Å². The highest BCUT2D eigenvalue weighted by molar-refractivity contribution is 6.04. The first kappa shape index (κ1) is 14.3. The lowest BCUT2D eigenvalue weighted by Crippen LogP contribution is -2.12. The summed E-state index contributed by atoms with van der Waals surface area (Å²) in [7, 11) is 1.46.